The molecule has 0 radical (unpaired) electrons. The van der Waals surface area contributed by atoms with Gasteiger partial charge >= 0.3 is 5.97 Å². The summed E-state index contributed by atoms with van der Waals surface area (Å²) in [5.74, 6) is -0.909. The summed E-state index contributed by atoms with van der Waals surface area (Å²) in [6, 6.07) is 20.4. The van der Waals surface area contributed by atoms with Crippen LogP contribution in [0, 0.1) is 18.3 Å². The average molecular weight is 447 g/mol. The highest BCUT2D eigenvalue weighted by atomic mass is 35.5. The van der Waals surface area contributed by atoms with Crippen LogP contribution in [0.25, 0.3) is 6.08 Å². The van der Waals surface area contributed by atoms with Gasteiger partial charge in [0, 0.05) is 10.7 Å². The number of carboxylic acid groups (broad SMARTS) is 1. The molecule has 6 nitrogen and oxygen atoms in total. The first-order valence-corrected chi connectivity index (χ1v) is 9.98. The Morgan fingerprint density at radius 2 is 1.78 bits per heavy atom. The maximum absolute atomic E-state index is 12.4. The summed E-state index contributed by atoms with van der Waals surface area (Å²) >= 11 is 6.07. The third-order valence-electron chi connectivity index (χ3n) is 4.59. The molecule has 32 heavy (non-hydrogen) atoms. The molecule has 3 aromatic rings. The van der Waals surface area contributed by atoms with Gasteiger partial charge in [-0.2, -0.15) is 5.26 Å². The lowest BCUT2D eigenvalue weighted by Crippen LogP contribution is -2.13. The zero-order chi connectivity index (χ0) is 23.1. The van der Waals surface area contributed by atoms with E-state index in [9.17, 15) is 14.9 Å². The maximum atomic E-state index is 12.4. The number of amides is 1. The maximum Gasteiger partial charge on any atom is 0.335 e. The van der Waals surface area contributed by atoms with E-state index in [1.54, 1.807) is 54.6 Å². The van der Waals surface area contributed by atoms with Gasteiger partial charge in [0.05, 0.1) is 5.56 Å². The minimum Gasteiger partial charge on any atom is -0.489 e. The van der Waals surface area contributed by atoms with Crippen LogP contribution in [0.1, 0.15) is 27.0 Å². The molecule has 160 valence electrons. The number of aromatic carboxylic acids is 1. The van der Waals surface area contributed by atoms with Crippen LogP contribution in [0.5, 0.6) is 5.75 Å². The molecule has 2 N–H and O–H groups in total. The van der Waals surface area contributed by atoms with Crippen LogP contribution in [0.2, 0.25) is 5.02 Å². The van der Waals surface area contributed by atoms with Crippen LogP contribution in [0.4, 0.5) is 5.69 Å². The molecule has 0 saturated carbocycles. The van der Waals surface area contributed by atoms with Gasteiger partial charge in [-0.15, -0.1) is 0 Å². The summed E-state index contributed by atoms with van der Waals surface area (Å²) in [5, 5.41) is 21.5. The number of ether oxygens (including phenoxy) is 1. The molecule has 0 aliphatic carbocycles. The van der Waals surface area contributed by atoms with E-state index in [0.717, 1.165) is 11.1 Å². The zero-order valence-corrected chi connectivity index (χ0v) is 17.9. The third kappa shape index (κ3) is 5.97. The van der Waals surface area contributed by atoms with Crippen molar-refractivity contribution in [2.24, 2.45) is 0 Å². The Morgan fingerprint density at radius 1 is 1.09 bits per heavy atom. The molecule has 0 atom stereocenters. The van der Waals surface area contributed by atoms with Crippen LogP contribution in [0.3, 0.4) is 0 Å². The second kappa shape index (κ2) is 10.3. The highest BCUT2D eigenvalue weighted by molar-refractivity contribution is 6.31. The Balaban J connectivity index is 1.63. The van der Waals surface area contributed by atoms with Crippen molar-refractivity contribution < 1.29 is 19.4 Å². The number of benzene rings is 3. The van der Waals surface area contributed by atoms with Crippen LogP contribution in [-0.4, -0.2) is 17.0 Å². The smallest absolute Gasteiger partial charge is 0.335 e. The number of nitrogens with zero attached hydrogens (tertiary/aromatic N) is 1. The summed E-state index contributed by atoms with van der Waals surface area (Å²) in [6.07, 6.45) is 1.49. The van der Waals surface area contributed by atoms with Gasteiger partial charge in [0.1, 0.15) is 24.0 Å². The summed E-state index contributed by atoms with van der Waals surface area (Å²) in [7, 11) is 0. The van der Waals surface area contributed by atoms with Gasteiger partial charge in [0.2, 0.25) is 0 Å². The molecule has 3 aromatic carbocycles. The van der Waals surface area contributed by atoms with Gasteiger partial charge in [-0.1, -0.05) is 41.9 Å². The van der Waals surface area contributed by atoms with Gasteiger partial charge < -0.3 is 15.2 Å². The number of halogens is 1. The van der Waals surface area contributed by atoms with E-state index in [4.69, 9.17) is 21.4 Å². The first-order valence-electron chi connectivity index (χ1n) is 9.60. The van der Waals surface area contributed by atoms with E-state index in [0.29, 0.717) is 22.0 Å². The Hall–Kier alpha value is -4.08. The quantitative estimate of drug-likeness (QED) is 0.370. The topological polar surface area (TPSA) is 99.4 Å². The van der Waals surface area contributed by atoms with E-state index in [-0.39, 0.29) is 17.7 Å². The molecule has 0 spiro atoms. The second-order valence-electron chi connectivity index (χ2n) is 6.95. The third-order valence-corrected chi connectivity index (χ3v) is 5.00. The Bertz CT molecular complexity index is 1210. The number of hydrogen-bond donors (Lipinski definition) is 2. The molecule has 0 saturated heterocycles. The summed E-state index contributed by atoms with van der Waals surface area (Å²) in [4.78, 5) is 23.3. The number of aryl methyl sites for hydroxylation is 1. The largest absolute Gasteiger partial charge is 0.489 e. The van der Waals surface area contributed by atoms with Crippen molar-refractivity contribution in [2.45, 2.75) is 13.5 Å². The molecule has 7 heteroatoms. The fraction of sp³-hybridized carbons (Fsp3) is 0.0800. The summed E-state index contributed by atoms with van der Waals surface area (Å²) in [6.45, 7) is 2.14. The van der Waals surface area contributed by atoms with Crippen molar-refractivity contribution >= 4 is 35.2 Å². The lowest BCUT2D eigenvalue weighted by atomic mass is 10.1. The Kier molecular flexibility index (Phi) is 7.27. The number of nitriles is 1. The van der Waals surface area contributed by atoms with Gasteiger partial charge in [-0.05, 0) is 66.1 Å². The van der Waals surface area contributed by atoms with Gasteiger partial charge in [-0.25, -0.2) is 4.79 Å². The van der Waals surface area contributed by atoms with Crippen LogP contribution in [-0.2, 0) is 11.4 Å². The highest BCUT2D eigenvalue weighted by Gasteiger charge is 2.10. The van der Waals surface area contributed by atoms with Gasteiger partial charge in [0.15, 0.2) is 0 Å². The standard InChI is InChI=1S/C25H19ClN2O4/c1-16-2-9-21(13-23(16)26)28-24(29)20(14-27)12-17-5-10-22(11-6-17)32-15-18-3-7-19(8-4-18)25(30)31/h2-13H,15H2,1H3,(H,28,29)(H,30,31)/b20-12-. The lowest BCUT2D eigenvalue weighted by Gasteiger charge is -2.08. The fourth-order valence-corrected chi connectivity index (χ4v) is 2.94. The van der Waals surface area contributed by atoms with Crippen molar-refractivity contribution in [3.8, 4) is 11.8 Å². The minimum atomic E-state index is -0.978. The summed E-state index contributed by atoms with van der Waals surface area (Å²) in [5.41, 5.74) is 3.06. The molecule has 0 heterocycles. The molecule has 0 aromatic heterocycles. The Labute approximate surface area is 190 Å². The van der Waals surface area contributed by atoms with E-state index >= 15 is 0 Å². The molecular formula is C25H19ClN2O4. The van der Waals surface area contributed by atoms with Gasteiger partial charge in [0.25, 0.3) is 5.91 Å². The highest BCUT2D eigenvalue weighted by Crippen LogP contribution is 2.21. The van der Waals surface area contributed by atoms with E-state index < -0.39 is 11.9 Å². The fourth-order valence-electron chi connectivity index (χ4n) is 2.75. The minimum absolute atomic E-state index is 0.0473. The van der Waals surface area contributed by atoms with E-state index in [1.165, 1.54) is 18.2 Å². The molecule has 0 unspecified atom stereocenters. The average Bonchev–Trinajstić information content (AvgIpc) is 2.79. The van der Waals surface area contributed by atoms with Crippen molar-refractivity contribution in [3.05, 3.63) is 99.6 Å². The molecule has 0 fully saturated rings. The lowest BCUT2D eigenvalue weighted by molar-refractivity contribution is -0.112. The number of anilines is 1. The normalized spacial score (nSPS) is 10.8. The van der Waals surface area contributed by atoms with Crippen molar-refractivity contribution in [2.75, 3.05) is 5.32 Å². The molecule has 1 amide bonds. The van der Waals surface area contributed by atoms with Crippen molar-refractivity contribution in [1.29, 1.82) is 5.26 Å². The van der Waals surface area contributed by atoms with Crippen molar-refractivity contribution in [3.63, 3.8) is 0 Å². The molecule has 0 bridgehead atoms. The SMILES string of the molecule is Cc1ccc(NC(=O)/C(C#N)=C\c2ccc(OCc3ccc(C(=O)O)cc3)cc2)cc1Cl. The molecular weight excluding hydrogens is 428 g/mol. The van der Waals surface area contributed by atoms with E-state index in [2.05, 4.69) is 5.32 Å². The number of nitrogens with one attached hydrogen (secondary N) is 1. The van der Waals surface area contributed by atoms with E-state index in [1.807, 2.05) is 13.0 Å². The van der Waals surface area contributed by atoms with Crippen molar-refractivity contribution in [1.82, 2.24) is 0 Å². The number of hydrogen-bond acceptors (Lipinski definition) is 4. The van der Waals surface area contributed by atoms with Crippen LogP contribution >= 0.6 is 11.6 Å². The number of carbonyl (C=O) groups excluding carboxylic acids is 1. The second-order valence-corrected chi connectivity index (χ2v) is 7.35. The number of carbonyl (C=O) groups is 2. The molecule has 3 rings (SSSR count). The number of rotatable bonds is 7. The number of carboxylic acids is 1. The van der Waals surface area contributed by atoms with Crippen LogP contribution in [0.15, 0.2) is 72.3 Å². The first-order chi connectivity index (χ1) is 15.4. The predicted molar refractivity (Wildman–Crippen MR) is 123 cm³/mol. The Morgan fingerprint density at radius 3 is 2.38 bits per heavy atom. The molecule has 0 aliphatic heterocycles. The molecule has 0 aliphatic rings. The zero-order valence-electron chi connectivity index (χ0n) is 17.1. The van der Waals surface area contributed by atoms with Crippen LogP contribution < -0.4 is 10.1 Å². The predicted octanol–water partition coefficient (Wildman–Crippen LogP) is 5.47. The summed E-state index contributed by atoms with van der Waals surface area (Å²) < 4.78 is 5.70. The first kappa shape index (κ1) is 22.6. The van der Waals surface area contributed by atoms with Gasteiger partial charge in [-0.3, -0.25) is 4.79 Å². The monoisotopic (exact) mass is 446 g/mol.